The number of rotatable bonds is 5. The van der Waals surface area contributed by atoms with Gasteiger partial charge in [-0.25, -0.2) is 30.3 Å². The summed E-state index contributed by atoms with van der Waals surface area (Å²) in [5, 5.41) is 0. The third-order valence-corrected chi connectivity index (χ3v) is 9.30. The molecule has 1 N–H and O–H groups in total. The first kappa shape index (κ1) is 23.1. The van der Waals surface area contributed by atoms with Crippen molar-refractivity contribution in [2.24, 2.45) is 0 Å². The van der Waals surface area contributed by atoms with Crippen LogP contribution in [0.5, 0.6) is 0 Å². The van der Waals surface area contributed by atoms with E-state index in [0.29, 0.717) is 0 Å². The summed E-state index contributed by atoms with van der Waals surface area (Å²) in [4.78, 5) is 0. The third-order valence-electron chi connectivity index (χ3n) is 5.46. The van der Waals surface area contributed by atoms with Crippen molar-refractivity contribution in [1.82, 2.24) is 9.03 Å². The fourth-order valence-electron chi connectivity index (χ4n) is 3.90. The van der Waals surface area contributed by atoms with Crippen LogP contribution >= 0.6 is 0 Å². The second-order valence-corrected chi connectivity index (χ2v) is 11.2. The minimum absolute atomic E-state index is 0.0329. The molecule has 1 aromatic rings. The number of hydrogen-bond donors (Lipinski definition) is 1. The lowest BCUT2D eigenvalue weighted by Gasteiger charge is -2.42. The van der Waals surface area contributed by atoms with Crippen molar-refractivity contribution in [3.63, 3.8) is 0 Å². The smallest absolute Gasteiger partial charge is 0.211 e. The summed E-state index contributed by atoms with van der Waals surface area (Å²) in [6.45, 7) is 0.0658. The Morgan fingerprint density at radius 3 is 2.10 bits per heavy atom. The van der Waals surface area contributed by atoms with E-state index in [9.17, 15) is 38.8 Å². The van der Waals surface area contributed by atoms with E-state index in [-0.39, 0.29) is 38.8 Å². The van der Waals surface area contributed by atoms with Crippen LogP contribution in [0.2, 0.25) is 0 Å². The van der Waals surface area contributed by atoms with Crippen LogP contribution in [-0.4, -0.2) is 45.8 Å². The number of benzene rings is 1. The Kier molecular flexibility index (Phi) is 6.04. The lowest BCUT2D eigenvalue weighted by atomic mass is 9.81. The van der Waals surface area contributed by atoms with Gasteiger partial charge >= 0.3 is 15.5 Å². The van der Waals surface area contributed by atoms with E-state index in [1.165, 1.54) is 4.72 Å². The molecule has 13 heteroatoms. The van der Waals surface area contributed by atoms with E-state index in [1.54, 1.807) is 12.2 Å². The van der Waals surface area contributed by atoms with Gasteiger partial charge in [0.1, 0.15) is 16.4 Å². The van der Waals surface area contributed by atoms with Crippen LogP contribution < -0.4 is 4.72 Å². The summed E-state index contributed by atoms with van der Waals surface area (Å²) in [5.41, 5.74) is -5.92. The molecule has 0 unspecified atom stereocenters. The molecule has 168 valence electrons. The van der Waals surface area contributed by atoms with Crippen molar-refractivity contribution >= 4 is 20.0 Å². The second kappa shape index (κ2) is 7.84. The zero-order chi connectivity index (χ0) is 22.4. The molecule has 3 rings (SSSR count). The number of nitrogens with one attached hydrogen (secondary N) is 1. The Bertz CT molecular complexity index is 1040. The molecule has 1 aliphatic carbocycles. The Labute approximate surface area is 170 Å². The molecular weight excluding hydrogens is 455 g/mol. The number of halogens is 5. The molecule has 1 aromatic carbocycles. The fraction of sp³-hybridized carbons (Fsp3) is 0.529. The monoisotopic (exact) mass is 474 g/mol. The number of sulfonamides is 2. The third kappa shape index (κ3) is 3.99. The molecule has 1 saturated carbocycles. The molecule has 0 radical (unpaired) electrons. The highest BCUT2D eigenvalue weighted by molar-refractivity contribution is 7.90. The largest absolute Gasteiger partial charge is 0.511 e. The Morgan fingerprint density at radius 1 is 1.00 bits per heavy atom. The molecule has 0 saturated heterocycles. The molecule has 0 amide bonds. The van der Waals surface area contributed by atoms with E-state index < -0.39 is 53.5 Å². The summed E-state index contributed by atoms with van der Waals surface area (Å²) in [7, 11) is -9.87. The molecule has 6 nitrogen and oxygen atoms in total. The average Bonchev–Trinajstić information content (AvgIpc) is 3.19. The zero-order valence-electron chi connectivity index (χ0n) is 15.5. The van der Waals surface area contributed by atoms with Gasteiger partial charge < -0.3 is 0 Å². The van der Waals surface area contributed by atoms with Crippen LogP contribution in [-0.2, 0) is 24.8 Å². The summed E-state index contributed by atoms with van der Waals surface area (Å²) in [6, 6.07) is 1.21. The minimum atomic E-state index is -5.62. The summed E-state index contributed by atoms with van der Waals surface area (Å²) < 4.78 is 117. The van der Waals surface area contributed by atoms with E-state index in [1.807, 2.05) is 0 Å². The number of nitrogens with zero attached hydrogens (tertiary/aromatic N) is 1. The molecule has 1 aliphatic heterocycles. The molecule has 0 bridgehead atoms. The van der Waals surface area contributed by atoms with Gasteiger partial charge in [0.05, 0.1) is 0 Å². The van der Waals surface area contributed by atoms with Crippen LogP contribution in [0.3, 0.4) is 0 Å². The van der Waals surface area contributed by atoms with Gasteiger partial charge in [0, 0.05) is 24.7 Å². The topological polar surface area (TPSA) is 83.5 Å². The second-order valence-electron chi connectivity index (χ2n) is 7.25. The Hall–Kier alpha value is -1.57. The summed E-state index contributed by atoms with van der Waals surface area (Å²) in [6.07, 6.45) is 1.83. The molecule has 0 aromatic heterocycles. The first-order chi connectivity index (χ1) is 13.8. The zero-order valence-corrected chi connectivity index (χ0v) is 17.1. The summed E-state index contributed by atoms with van der Waals surface area (Å²) in [5.74, 6) is -1.82. The number of hydrogen-bond acceptors (Lipinski definition) is 4. The standard InChI is InChI=1S/C17H19F5N2O4S2/c18-12-3-4-15(19)14(11-12)16(30(27,28)24-9-1-2-10-24)7-5-13(6-8-16)23-29(25,26)17(20,21)22/h1-4,11,13,23H,5-10H2. The van der Waals surface area contributed by atoms with Crippen LogP contribution in [0.15, 0.2) is 30.4 Å². The van der Waals surface area contributed by atoms with Gasteiger partial charge in [-0.1, -0.05) is 12.2 Å². The SMILES string of the molecule is O=S(=O)(NC1CCC(c2cc(F)ccc2F)(S(=O)(=O)N2CC=CC2)CC1)C(F)(F)F. The first-order valence-corrected chi connectivity index (χ1v) is 11.9. The molecule has 0 atom stereocenters. The minimum Gasteiger partial charge on any atom is -0.211 e. The highest BCUT2D eigenvalue weighted by Crippen LogP contribution is 2.47. The Balaban J connectivity index is 1.97. The quantitative estimate of drug-likeness (QED) is 0.526. The average molecular weight is 474 g/mol. The highest BCUT2D eigenvalue weighted by Gasteiger charge is 2.53. The van der Waals surface area contributed by atoms with Crippen molar-refractivity contribution in [2.75, 3.05) is 13.1 Å². The molecule has 1 fully saturated rings. The lowest BCUT2D eigenvalue weighted by Crippen LogP contribution is -2.52. The van der Waals surface area contributed by atoms with E-state index in [2.05, 4.69) is 0 Å². The summed E-state index contributed by atoms with van der Waals surface area (Å²) >= 11 is 0. The maximum Gasteiger partial charge on any atom is 0.511 e. The fourth-order valence-corrected chi connectivity index (χ4v) is 6.96. The van der Waals surface area contributed by atoms with Crippen LogP contribution in [0.4, 0.5) is 22.0 Å². The normalized spacial score (nSPS) is 26.2. The first-order valence-electron chi connectivity index (χ1n) is 8.99. The van der Waals surface area contributed by atoms with Gasteiger partial charge in [-0.05, 0) is 43.9 Å². The van der Waals surface area contributed by atoms with Crippen LogP contribution in [0, 0.1) is 11.6 Å². The van der Waals surface area contributed by atoms with Gasteiger partial charge in [-0.2, -0.15) is 17.5 Å². The van der Waals surface area contributed by atoms with Crippen molar-refractivity contribution in [3.05, 3.63) is 47.5 Å². The van der Waals surface area contributed by atoms with Crippen molar-refractivity contribution in [2.45, 2.75) is 42.0 Å². The molecule has 1 heterocycles. The van der Waals surface area contributed by atoms with Crippen LogP contribution in [0.25, 0.3) is 0 Å². The van der Waals surface area contributed by atoms with E-state index in [0.717, 1.165) is 22.5 Å². The van der Waals surface area contributed by atoms with Gasteiger partial charge in [-0.15, -0.1) is 0 Å². The van der Waals surface area contributed by atoms with Crippen molar-refractivity contribution in [1.29, 1.82) is 0 Å². The number of alkyl halides is 3. The van der Waals surface area contributed by atoms with Gasteiger partial charge in [-0.3, -0.25) is 0 Å². The highest BCUT2D eigenvalue weighted by atomic mass is 32.2. The van der Waals surface area contributed by atoms with Gasteiger partial charge in [0.25, 0.3) is 0 Å². The van der Waals surface area contributed by atoms with Crippen LogP contribution in [0.1, 0.15) is 31.2 Å². The molecule has 0 spiro atoms. The van der Waals surface area contributed by atoms with E-state index >= 15 is 0 Å². The maximum atomic E-state index is 14.6. The predicted octanol–water partition coefficient (Wildman–Crippen LogP) is 2.74. The molecule has 30 heavy (non-hydrogen) atoms. The molecular formula is C17H19F5N2O4S2. The van der Waals surface area contributed by atoms with Gasteiger partial charge in [0.2, 0.25) is 10.0 Å². The van der Waals surface area contributed by atoms with E-state index in [4.69, 9.17) is 0 Å². The lowest BCUT2D eigenvalue weighted by molar-refractivity contribution is -0.0452. The van der Waals surface area contributed by atoms with Crippen molar-refractivity contribution in [3.8, 4) is 0 Å². The Morgan fingerprint density at radius 2 is 1.57 bits per heavy atom. The molecule has 2 aliphatic rings. The van der Waals surface area contributed by atoms with Crippen molar-refractivity contribution < 1.29 is 38.8 Å². The predicted molar refractivity (Wildman–Crippen MR) is 98.0 cm³/mol. The maximum absolute atomic E-state index is 14.6. The van der Waals surface area contributed by atoms with Gasteiger partial charge in [0.15, 0.2) is 0 Å².